The van der Waals surface area contributed by atoms with Crippen molar-refractivity contribution < 1.29 is 43.7 Å². The van der Waals surface area contributed by atoms with Crippen LogP contribution in [0.2, 0.25) is 0 Å². The fourth-order valence-corrected chi connectivity index (χ4v) is 4.74. The number of carboxylic acid groups (broad SMARTS) is 1. The number of carbonyl (C=O) groups is 6. The molecule has 1 heterocycles. The first-order valence-electron chi connectivity index (χ1n) is 11.7. The lowest BCUT2D eigenvalue weighted by atomic mass is 9.70. The van der Waals surface area contributed by atoms with Gasteiger partial charge in [0.05, 0.1) is 23.4 Å². The average Bonchev–Trinajstić information content (AvgIpc) is 2.91. The molecule has 1 aromatic rings. The Morgan fingerprint density at radius 1 is 1.10 bits per heavy atom. The van der Waals surface area contributed by atoms with Gasteiger partial charge in [-0.2, -0.15) is 0 Å². The number of nitrogens with one attached hydrogen (secondary N) is 4. The molecule has 0 saturated heterocycles. The lowest BCUT2D eigenvalue weighted by Crippen LogP contribution is -2.71. The first-order valence-corrected chi connectivity index (χ1v) is 12.1. The SMILES string of the molecule is O=C(O)OC1=C(Cl)CC2C(=O)C(NC(=O)C(NC3=C(C(=O)NCCO)C(=O)C=CC3=O)c3ccccc3)C2N1. The molecule has 3 aliphatic rings. The third-order valence-electron chi connectivity index (χ3n) is 6.33. The molecule has 4 atom stereocenters. The minimum absolute atomic E-state index is 0.0214. The first-order chi connectivity index (χ1) is 18.6. The van der Waals surface area contributed by atoms with Gasteiger partial charge >= 0.3 is 6.16 Å². The molecule has 13 nitrogen and oxygen atoms in total. The second-order valence-electron chi connectivity index (χ2n) is 8.75. The topological polar surface area (TPSA) is 200 Å². The number of ketones is 3. The Kier molecular flexibility index (Phi) is 8.12. The molecular weight excluding hydrogens is 536 g/mol. The first kappa shape index (κ1) is 27.5. The van der Waals surface area contributed by atoms with Gasteiger partial charge in [-0.15, -0.1) is 0 Å². The molecule has 2 aliphatic carbocycles. The lowest BCUT2D eigenvalue weighted by Gasteiger charge is -2.46. The second-order valence-corrected chi connectivity index (χ2v) is 9.21. The van der Waals surface area contributed by atoms with E-state index in [4.69, 9.17) is 21.8 Å². The van der Waals surface area contributed by atoms with E-state index in [-0.39, 0.29) is 29.7 Å². The molecule has 0 spiro atoms. The van der Waals surface area contributed by atoms with Gasteiger partial charge in [0.15, 0.2) is 11.6 Å². The molecule has 0 bridgehead atoms. The number of halogens is 1. The second kappa shape index (κ2) is 11.5. The van der Waals surface area contributed by atoms with E-state index in [1.165, 1.54) is 0 Å². The lowest BCUT2D eigenvalue weighted by molar-refractivity contribution is -0.140. The Bertz CT molecular complexity index is 1340. The minimum Gasteiger partial charge on any atom is -0.449 e. The maximum absolute atomic E-state index is 13.5. The summed E-state index contributed by atoms with van der Waals surface area (Å²) in [5.74, 6) is -4.41. The standard InChI is InChI=1S/C25H23ClN4O9/c26-13-10-12-18(30-24(13)39-25(37)38)20(21(12)34)29-23(36)17(11-4-2-1-3-5-11)28-19-15(33)7-6-14(32)16(19)22(35)27-8-9-31/h1-7,12,17-18,20,28,30-31H,8-10H2,(H,27,35)(H,29,36)(H,37,38). The van der Waals surface area contributed by atoms with E-state index in [2.05, 4.69) is 26.0 Å². The average molecular weight is 559 g/mol. The highest BCUT2D eigenvalue weighted by Gasteiger charge is 2.54. The quantitative estimate of drug-likeness (QED) is 0.130. The van der Waals surface area contributed by atoms with Crippen LogP contribution in [0.5, 0.6) is 0 Å². The van der Waals surface area contributed by atoms with Crippen molar-refractivity contribution in [3.63, 3.8) is 0 Å². The van der Waals surface area contributed by atoms with Crippen molar-refractivity contribution in [2.24, 2.45) is 5.92 Å². The monoisotopic (exact) mass is 558 g/mol. The molecule has 1 saturated carbocycles. The Balaban J connectivity index is 1.61. The van der Waals surface area contributed by atoms with Crippen molar-refractivity contribution >= 4 is 46.9 Å². The van der Waals surface area contributed by atoms with Crippen LogP contribution in [-0.4, -0.2) is 70.8 Å². The van der Waals surface area contributed by atoms with Crippen molar-refractivity contribution in [1.82, 2.24) is 21.3 Å². The normalized spacial score (nSPS) is 22.8. The van der Waals surface area contributed by atoms with Crippen LogP contribution in [0.3, 0.4) is 0 Å². The van der Waals surface area contributed by atoms with E-state index < -0.39 is 71.5 Å². The summed E-state index contributed by atoms with van der Waals surface area (Å²) in [6.07, 6.45) is 0.298. The van der Waals surface area contributed by atoms with Crippen LogP contribution in [0.25, 0.3) is 0 Å². The van der Waals surface area contributed by atoms with Gasteiger partial charge in [-0.25, -0.2) is 4.79 Å². The van der Waals surface area contributed by atoms with Crippen molar-refractivity contribution in [2.45, 2.75) is 24.5 Å². The summed E-state index contributed by atoms with van der Waals surface area (Å²) in [7, 11) is 0. The van der Waals surface area contributed by atoms with Crippen LogP contribution < -0.4 is 21.3 Å². The maximum Gasteiger partial charge on any atom is 0.512 e. The predicted molar refractivity (Wildman–Crippen MR) is 133 cm³/mol. The number of allylic oxidation sites excluding steroid dienone is 3. The van der Waals surface area contributed by atoms with Crippen LogP contribution in [-0.2, 0) is 28.7 Å². The van der Waals surface area contributed by atoms with E-state index in [1.54, 1.807) is 30.3 Å². The summed E-state index contributed by atoms with van der Waals surface area (Å²) < 4.78 is 4.63. The fraction of sp³-hybridized carbons (Fsp3) is 0.280. The number of hydrogen-bond donors (Lipinski definition) is 6. The number of aliphatic hydroxyl groups is 1. The molecule has 39 heavy (non-hydrogen) atoms. The number of Topliss-reactive ketones (excluding diaryl/α,β-unsaturated/α-hetero) is 1. The smallest absolute Gasteiger partial charge is 0.449 e. The molecular formula is C25H23ClN4O9. The largest absolute Gasteiger partial charge is 0.512 e. The summed E-state index contributed by atoms with van der Waals surface area (Å²) in [6, 6.07) is 4.96. The van der Waals surface area contributed by atoms with E-state index in [0.29, 0.717) is 5.56 Å². The molecule has 0 radical (unpaired) electrons. The van der Waals surface area contributed by atoms with Crippen molar-refractivity contribution in [3.05, 3.63) is 70.2 Å². The van der Waals surface area contributed by atoms with Crippen molar-refractivity contribution in [2.75, 3.05) is 13.2 Å². The molecule has 1 aliphatic heterocycles. The molecule has 4 unspecified atom stereocenters. The summed E-state index contributed by atoms with van der Waals surface area (Å²) in [5.41, 5.74) is -0.610. The van der Waals surface area contributed by atoms with Gasteiger partial charge in [-0.1, -0.05) is 41.9 Å². The van der Waals surface area contributed by atoms with Crippen LogP contribution in [0.15, 0.2) is 64.7 Å². The molecule has 0 aromatic heterocycles. The number of ether oxygens (including phenoxy) is 1. The number of aliphatic hydroxyl groups excluding tert-OH is 1. The van der Waals surface area contributed by atoms with Crippen molar-refractivity contribution in [1.29, 1.82) is 0 Å². The fourth-order valence-electron chi connectivity index (χ4n) is 4.48. The van der Waals surface area contributed by atoms with E-state index >= 15 is 0 Å². The Morgan fingerprint density at radius 3 is 2.46 bits per heavy atom. The van der Waals surface area contributed by atoms with Gasteiger partial charge in [0.2, 0.25) is 17.6 Å². The maximum atomic E-state index is 13.5. The predicted octanol–water partition coefficient (Wildman–Crippen LogP) is -0.464. The van der Waals surface area contributed by atoms with Crippen LogP contribution in [0.1, 0.15) is 18.0 Å². The number of benzene rings is 1. The highest BCUT2D eigenvalue weighted by molar-refractivity contribution is 6.32. The summed E-state index contributed by atoms with van der Waals surface area (Å²) in [6.45, 7) is -0.575. The molecule has 1 fully saturated rings. The van der Waals surface area contributed by atoms with E-state index in [0.717, 1.165) is 12.2 Å². The zero-order valence-electron chi connectivity index (χ0n) is 20.1. The number of rotatable bonds is 9. The van der Waals surface area contributed by atoms with Crippen LogP contribution in [0.4, 0.5) is 4.79 Å². The molecule has 204 valence electrons. The minimum atomic E-state index is -1.61. The third-order valence-corrected chi connectivity index (χ3v) is 6.66. The highest BCUT2D eigenvalue weighted by Crippen LogP contribution is 2.37. The van der Waals surface area contributed by atoms with Gasteiger partial charge < -0.3 is 36.2 Å². The number of carbonyl (C=O) groups excluding carboxylic acids is 5. The number of hydrogen-bond acceptors (Lipinski definition) is 10. The molecule has 2 amide bonds. The Morgan fingerprint density at radius 2 is 1.79 bits per heavy atom. The van der Waals surface area contributed by atoms with Crippen molar-refractivity contribution in [3.8, 4) is 0 Å². The van der Waals surface area contributed by atoms with Gasteiger partial charge in [0.25, 0.3) is 5.91 Å². The molecule has 1 aromatic carbocycles. The third kappa shape index (κ3) is 5.68. The Labute approximate surface area is 225 Å². The molecule has 6 N–H and O–H groups in total. The zero-order valence-corrected chi connectivity index (χ0v) is 20.9. The summed E-state index contributed by atoms with van der Waals surface area (Å²) in [5, 5.41) is 28.3. The summed E-state index contributed by atoms with van der Waals surface area (Å²) in [4.78, 5) is 75.2. The Hall–Kier alpha value is -4.49. The number of amides is 2. The molecule has 14 heteroatoms. The van der Waals surface area contributed by atoms with Gasteiger partial charge in [-0.05, 0) is 17.7 Å². The van der Waals surface area contributed by atoms with Gasteiger partial charge in [0, 0.05) is 18.9 Å². The summed E-state index contributed by atoms with van der Waals surface area (Å²) >= 11 is 6.04. The zero-order chi connectivity index (χ0) is 28.3. The van der Waals surface area contributed by atoms with E-state index in [9.17, 15) is 28.8 Å². The van der Waals surface area contributed by atoms with E-state index in [1.807, 2.05) is 0 Å². The molecule has 4 rings (SSSR count). The highest BCUT2D eigenvalue weighted by atomic mass is 35.5. The van der Waals surface area contributed by atoms with Crippen LogP contribution >= 0.6 is 11.6 Å². The van der Waals surface area contributed by atoms with Gasteiger partial charge in [-0.3, -0.25) is 24.0 Å². The number of fused-ring (bicyclic) bond motifs is 1. The van der Waals surface area contributed by atoms with Gasteiger partial charge in [0.1, 0.15) is 17.7 Å². The van der Waals surface area contributed by atoms with Crippen LogP contribution in [0, 0.1) is 5.92 Å².